The van der Waals surface area contributed by atoms with Crippen molar-refractivity contribution in [3.05, 3.63) is 102 Å². The summed E-state index contributed by atoms with van der Waals surface area (Å²) < 4.78 is 46.6. The first kappa shape index (κ1) is 19.5. The van der Waals surface area contributed by atoms with E-state index in [1.54, 1.807) is 60.9 Å². The number of H-pyrrole nitrogens is 1. The minimum atomic E-state index is -4.48. The highest BCUT2D eigenvalue weighted by molar-refractivity contribution is 5.53. The van der Waals surface area contributed by atoms with Crippen LogP contribution in [0.1, 0.15) is 22.7 Å². The molecule has 0 bridgehead atoms. The van der Waals surface area contributed by atoms with Gasteiger partial charge >= 0.3 is 6.18 Å². The largest absolute Gasteiger partial charge is 0.439 e. The molecule has 30 heavy (non-hydrogen) atoms. The molecule has 152 valence electrons. The van der Waals surface area contributed by atoms with Gasteiger partial charge in [-0.3, -0.25) is 5.10 Å². The van der Waals surface area contributed by atoms with Gasteiger partial charge in [0.2, 0.25) is 5.88 Å². The number of anilines is 1. The number of halogens is 3. The lowest BCUT2D eigenvalue weighted by Crippen LogP contribution is -2.18. The minimum absolute atomic E-state index is 0.0995. The number of hydrogen-bond acceptors (Lipinski definition) is 4. The predicted octanol–water partition coefficient (Wildman–Crippen LogP) is 5.82. The smallest absolute Gasteiger partial charge is 0.416 e. The topological polar surface area (TPSA) is 62.8 Å². The van der Waals surface area contributed by atoms with Gasteiger partial charge in [-0.25, -0.2) is 4.98 Å². The Morgan fingerprint density at radius 3 is 2.53 bits per heavy atom. The number of benzene rings is 2. The van der Waals surface area contributed by atoms with E-state index in [4.69, 9.17) is 4.74 Å². The van der Waals surface area contributed by atoms with E-state index in [1.165, 1.54) is 18.3 Å². The molecule has 8 heteroatoms. The first-order valence-electron chi connectivity index (χ1n) is 9.11. The van der Waals surface area contributed by atoms with Gasteiger partial charge in [-0.05, 0) is 29.8 Å². The summed E-state index contributed by atoms with van der Waals surface area (Å²) in [6.07, 6.45) is 0.197. The maximum atomic E-state index is 13.6. The van der Waals surface area contributed by atoms with Crippen molar-refractivity contribution < 1.29 is 17.9 Å². The Kier molecular flexibility index (Phi) is 5.38. The van der Waals surface area contributed by atoms with E-state index >= 15 is 0 Å². The predicted molar refractivity (Wildman–Crippen MR) is 106 cm³/mol. The lowest BCUT2D eigenvalue weighted by Gasteiger charge is -2.23. The second-order valence-corrected chi connectivity index (χ2v) is 6.49. The van der Waals surface area contributed by atoms with Crippen LogP contribution < -0.4 is 10.1 Å². The zero-order chi connectivity index (χ0) is 21.0. The molecule has 1 atom stereocenters. The standard InChI is InChI=1S/C22H17F3N4O/c23-22(24,25)19-9-2-1-8-18(19)21(15-13-27-28-14-15)29-16-6-5-7-17(12-16)30-20-10-3-4-11-26-20/h1-14,21,29H,(H,27,28). The highest BCUT2D eigenvalue weighted by Gasteiger charge is 2.35. The van der Waals surface area contributed by atoms with E-state index in [1.807, 2.05) is 0 Å². The van der Waals surface area contributed by atoms with E-state index in [0.717, 1.165) is 6.07 Å². The Hall–Kier alpha value is -3.81. The van der Waals surface area contributed by atoms with Crippen molar-refractivity contribution >= 4 is 5.69 Å². The van der Waals surface area contributed by atoms with Gasteiger partial charge in [-0.2, -0.15) is 18.3 Å². The number of ether oxygens (including phenoxy) is 1. The zero-order valence-corrected chi connectivity index (χ0v) is 15.6. The van der Waals surface area contributed by atoms with Gasteiger partial charge in [0, 0.05) is 35.8 Å². The van der Waals surface area contributed by atoms with Gasteiger partial charge in [0.25, 0.3) is 0 Å². The Bertz CT molecular complexity index is 1100. The van der Waals surface area contributed by atoms with Crippen molar-refractivity contribution in [2.24, 2.45) is 0 Å². The molecule has 2 heterocycles. The molecule has 2 N–H and O–H groups in total. The maximum Gasteiger partial charge on any atom is 0.416 e. The number of pyridine rings is 1. The molecule has 0 radical (unpaired) electrons. The van der Waals surface area contributed by atoms with Gasteiger partial charge in [0.05, 0.1) is 17.8 Å². The number of hydrogen-bond donors (Lipinski definition) is 2. The Morgan fingerprint density at radius 2 is 1.80 bits per heavy atom. The van der Waals surface area contributed by atoms with Crippen LogP contribution in [0.2, 0.25) is 0 Å². The average Bonchev–Trinajstić information content (AvgIpc) is 3.27. The highest BCUT2D eigenvalue weighted by atomic mass is 19.4. The summed E-state index contributed by atoms with van der Waals surface area (Å²) in [7, 11) is 0. The van der Waals surface area contributed by atoms with Crippen LogP contribution in [-0.2, 0) is 6.18 Å². The number of nitrogens with zero attached hydrogens (tertiary/aromatic N) is 2. The van der Waals surface area contributed by atoms with Crippen molar-refractivity contribution in [1.82, 2.24) is 15.2 Å². The molecule has 0 aliphatic rings. The summed E-state index contributed by atoms with van der Waals surface area (Å²) in [6.45, 7) is 0. The fourth-order valence-electron chi connectivity index (χ4n) is 3.11. The van der Waals surface area contributed by atoms with Crippen LogP contribution in [0.25, 0.3) is 0 Å². The molecular weight excluding hydrogens is 393 g/mol. The summed E-state index contributed by atoms with van der Waals surface area (Å²) in [4.78, 5) is 4.11. The van der Waals surface area contributed by atoms with Gasteiger partial charge in [-0.1, -0.05) is 30.3 Å². The van der Waals surface area contributed by atoms with Crippen LogP contribution >= 0.6 is 0 Å². The molecule has 2 aromatic heterocycles. The molecule has 0 aliphatic carbocycles. The van der Waals surface area contributed by atoms with Gasteiger partial charge < -0.3 is 10.1 Å². The molecule has 0 spiro atoms. The average molecular weight is 410 g/mol. The van der Waals surface area contributed by atoms with E-state index in [2.05, 4.69) is 20.5 Å². The van der Waals surface area contributed by atoms with Crippen LogP contribution in [0.5, 0.6) is 11.6 Å². The van der Waals surface area contributed by atoms with Crippen LogP contribution in [0.3, 0.4) is 0 Å². The molecule has 1 unspecified atom stereocenters. The van der Waals surface area contributed by atoms with Crippen molar-refractivity contribution in [1.29, 1.82) is 0 Å². The number of nitrogens with one attached hydrogen (secondary N) is 2. The number of rotatable bonds is 6. The lowest BCUT2D eigenvalue weighted by atomic mass is 9.95. The first-order valence-corrected chi connectivity index (χ1v) is 9.11. The third-order valence-corrected chi connectivity index (χ3v) is 4.44. The van der Waals surface area contributed by atoms with Crippen molar-refractivity contribution in [3.8, 4) is 11.6 Å². The fourth-order valence-corrected chi connectivity index (χ4v) is 3.11. The summed E-state index contributed by atoms with van der Waals surface area (Å²) in [5.74, 6) is 0.928. The van der Waals surface area contributed by atoms with E-state index in [0.29, 0.717) is 22.9 Å². The van der Waals surface area contributed by atoms with E-state index < -0.39 is 17.8 Å². The van der Waals surface area contributed by atoms with Crippen LogP contribution in [0.15, 0.2) is 85.3 Å². The highest BCUT2D eigenvalue weighted by Crippen LogP contribution is 2.38. The SMILES string of the molecule is FC(F)(F)c1ccccc1C(Nc1cccc(Oc2ccccn2)c1)c1cn[nH]c1. The molecule has 5 nitrogen and oxygen atoms in total. The van der Waals surface area contributed by atoms with Crippen LogP contribution in [0, 0.1) is 0 Å². The summed E-state index contributed by atoms with van der Waals surface area (Å²) in [5.41, 5.74) is 0.557. The number of aromatic amines is 1. The Morgan fingerprint density at radius 1 is 0.967 bits per heavy atom. The zero-order valence-electron chi connectivity index (χ0n) is 15.6. The molecule has 2 aromatic carbocycles. The minimum Gasteiger partial charge on any atom is -0.439 e. The maximum absolute atomic E-state index is 13.6. The van der Waals surface area contributed by atoms with Crippen molar-refractivity contribution in [2.45, 2.75) is 12.2 Å². The first-order chi connectivity index (χ1) is 14.5. The monoisotopic (exact) mass is 410 g/mol. The second kappa shape index (κ2) is 8.28. The normalized spacial score (nSPS) is 12.4. The molecule has 0 saturated heterocycles. The third-order valence-electron chi connectivity index (χ3n) is 4.44. The molecule has 0 saturated carbocycles. The Balaban J connectivity index is 1.68. The molecule has 0 amide bonds. The molecule has 4 aromatic rings. The van der Waals surface area contributed by atoms with E-state index in [9.17, 15) is 13.2 Å². The van der Waals surface area contributed by atoms with Crippen LogP contribution in [0.4, 0.5) is 18.9 Å². The fraction of sp³-hybridized carbons (Fsp3) is 0.0909. The number of aromatic nitrogens is 3. The van der Waals surface area contributed by atoms with Gasteiger partial charge in [0.15, 0.2) is 0 Å². The molecule has 0 aliphatic heterocycles. The van der Waals surface area contributed by atoms with Gasteiger partial charge in [-0.15, -0.1) is 0 Å². The summed E-state index contributed by atoms with van der Waals surface area (Å²) in [6, 6.07) is 17.0. The van der Waals surface area contributed by atoms with Crippen molar-refractivity contribution in [2.75, 3.05) is 5.32 Å². The van der Waals surface area contributed by atoms with Crippen LogP contribution in [-0.4, -0.2) is 15.2 Å². The number of alkyl halides is 3. The van der Waals surface area contributed by atoms with Gasteiger partial charge in [0.1, 0.15) is 5.75 Å². The molecule has 0 fully saturated rings. The lowest BCUT2D eigenvalue weighted by molar-refractivity contribution is -0.138. The summed E-state index contributed by atoms with van der Waals surface area (Å²) >= 11 is 0. The Labute approximate surface area is 170 Å². The molecular formula is C22H17F3N4O. The summed E-state index contributed by atoms with van der Waals surface area (Å²) in [5, 5.41) is 9.74. The van der Waals surface area contributed by atoms with Crippen molar-refractivity contribution in [3.63, 3.8) is 0 Å². The van der Waals surface area contributed by atoms with E-state index in [-0.39, 0.29) is 5.56 Å². The second-order valence-electron chi connectivity index (χ2n) is 6.49. The third kappa shape index (κ3) is 4.43. The quantitative estimate of drug-likeness (QED) is 0.421. The molecule has 4 rings (SSSR count).